The molecule has 0 radical (unpaired) electrons. The Balaban J connectivity index is 4.11. The molecule has 0 saturated carbocycles. The molecule has 5 nitrogen and oxygen atoms in total. The molecule has 70 valence electrons. The highest BCUT2D eigenvalue weighted by Gasteiger charge is 2.09. The maximum absolute atomic E-state index is 11.0. The molecule has 1 atom stereocenters. The van der Waals surface area contributed by atoms with Crippen molar-refractivity contribution in [1.82, 2.24) is 5.31 Å². The molecule has 0 aromatic carbocycles. The molecule has 5 heteroatoms. The van der Waals surface area contributed by atoms with Crippen molar-refractivity contribution in [1.29, 1.82) is 6.83 Å². The molecular weight excluding hydrogens is 161 g/mol. The number of aliphatic carboxylic acids is 1. The Bertz CT molecular complexity index is 276. The van der Waals surface area contributed by atoms with Crippen LogP contribution in [-0.2, 0) is 4.79 Å². The predicted molar refractivity (Wildman–Crippen MR) is 46.2 cm³/mol. The lowest BCUT2D eigenvalue weighted by Gasteiger charge is -2.06. The Morgan fingerprint density at radius 1 is 2.17 bits per heavy atom. The molecule has 0 heterocycles. The number of hydrogen-bond acceptors (Lipinski definition) is 4. The molecule has 0 saturated heterocycles. The van der Waals surface area contributed by atoms with Crippen LogP contribution in [0.2, 0.25) is 5.65 Å². The van der Waals surface area contributed by atoms with Crippen molar-refractivity contribution < 1.29 is 15.6 Å². The van der Waals surface area contributed by atoms with E-state index in [4.69, 9.17) is 7.08 Å². The molecule has 0 aromatic rings. The number of carboxylic acids is 1. The summed E-state index contributed by atoms with van der Waals surface area (Å²) < 4.78 is 34.5. The molecule has 0 fully saturated rings. The maximum atomic E-state index is 11.0. The van der Waals surface area contributed by atoms with Gasteiger partial charge in [0.05, 0.1) is 5.84 Å². The lowest BCUT2D eigenvalue weighted by atomic mass is 10.2. The minimum absolute atomic E-state index is 0.116. The summed E-state index contributed by atoms with van der Waals surface area (Å²) in [7, 11) is 0. The van der Waals surface area contributed by atoms with Gasteiger partial charge in [-0.2, -0.15) is 0 Å². The zero-order valence-electron chi connectivity index (χ0n) is 11.9. The van der Waals surface area contributed by atoms with Crippen LogP contribution in [0.5, 0.6) is 0 Å². The van der Waals surface area contributed by atoms with Crippen LogP contribution >= 0.6 is 0 Å². The van der Waals surface area contributed by atoms with Gasteiger partial charge in [0.25, 0.3) is 1.43 Å². The number of carboxylic acid groups (broad SMARTS) is 1. The van der Waals surface area contributed by atoms with Crippen LogP contribution in [-0.4, -0.2) is 29.5 Å². The Labute approximate surface area is 78.8 Å². The lowest BCUT2D eigenvalue weighted by Crippen LogP contribution is -2.31. The van der Waals surface area contributed by atoms with Gasteiger partial charge in [-0.1, -0.05) is 0 Å². The molecular formula is C7H15N3O2. The van der Waals surface area contributed by atoms with E-state index in [0.717, 1.165) is 5.31 Å². The fraction of sp³-hybridized carbons (Fsp3) is 0.714. The van der Waals surface area contributed by atoms with Gasteiger partial charge in [-0.25, -0.2) is 0 Å². The molecule has 0 spiro atoms. The van der Waals surface area contributed by atoms with E-state index >= 15 is 0 Å². The van der Waals surface area contributed by atoms with Crippen LogP contribution < -0.4 is 11.0 Å². The molecule has 0 amide bonds. The van der Waals surface area contributed by atoms with Gasteiger partial charge < -0.3 is 16.1 Å². The largest absolute Gasteiger partial charge is 0.480 e. The Morgan fingerprint density at radius 3 is 3.58 bits per heavy atom. The second-order valence-electron chi connectivity index (χ2n) is 2.41. The fourth-order valence-corrected chi connectivity index (χ4v) is 0.643. The SMILES string of the molecule is [2H][15N]=[13C](C)[15N]([2H])CCCC(C(=O)O[2H])N([2H])[2H]. The number of rotatable bonds is 6. The number of nitrogens with two attached hydrogens (primary N) is 1. The van der Waals surface area contributed by atoms with Gasteiger partial charge in [-0.15, -0.1) is 0 Å². The van der Waals surface area contributed by atoms with Gasteiger partial charge >= 0.3 is 5.97 Å². The summed E-state index contributed by atoms with van der Waals surface area (Å²) >= 11 is 0. The predicted octanol–water partition coefficient (Wildman–Crippen LogP) is -0.235. The van der Waals surface area contributed by atoms with Gasteiger partial charge in [0.1, 0.15) is 8.87 Å². The van der Waals surface area contributed by atoms with Gasteiger partial charge in [0.15, 0.2) is 2.82 Å². The Kier molecular flexibility index (Phi) is 2.22. The molecule has 0 bridgehead atoms. The molecule has 0 aliphatic carbocycles. The zero-order valence-corrected chi connectivity index (χ0v) is 6.86. The summed E-state index contributed by atoms with van der Waals surface area (Å²) in [5, 5.41) is 7.77. The van der Waals surface area contributed by atoms with Crippen LogP contribution in [0.1, 0.15) is 19.8 Å². The minimum Gasteiger partial charge on any atom is -0.480 e. The second-order valence-corrected chi connectivity index (χ2v) is 2.41. The molecule has 0 aromatic heterocycles. The smallest absolute Gasteiger partial charge is 0.320 e. The van der Waals surface area contributed by atoms with Crippen molar-refractivity contribution in [2.45, 2.75) is 25.8 Å². The average Bonchev–Trinajstić information content (AvgIpc) is 2.31. The van der Waals surface area contributed by atoms with E-state index in [-0.39, 0.29) is 24.5 Å². The fourth-order valence-electron chi connectivity index (χ4n) is 0.643. The first kappa shape index (κ1) is 4.81. The molecule has 5 N–H and O–H groups in total. The first-order valence-electron chi connectivity index (χ1n) is 5.82. The van der Waals surface area contributed by atoms with Crippen molar-refractivity contribution in [3.8, 4) is 0 Å². The van der Waals surface area contributed by atoms with E-state index in [1.54, 1.807) is 0 Å². The molecule has 0 aliphatic heterocycles. The number of nitrogens with one attached hydrogen (secondary N) is 2. The second kappa shape index (κ2) is 5.54. The normalized spacial score (nSPS) is 19.8. The number of hydrogen-bond donors (Lipinski definition) is 4. The summed E-state index contributed by atoms with van der Waals surface area (Å²) in [6.45, 7) is 1.71. The van der Waals surface area contributed by atoms with Crippen LogP contribution in [0.15, 0.2) is 0 Å². The summed E-state index contributed by atoms with van der Waals surface area (Å²) in [6, 6.07) is -1.14. The van der Waals surface area contributed by atoms with Crippen LogP contribution in [0.3, 0.4) is 0 Å². The summed E-state index contributed by atoms with van der Waals surface area (Å²) in [5.74, 6) is -0.768. The van der Waals surface area contributed by atoms with Crippen molar-refractivity contribution >= 4 is 11.8 Å². The number of amidine groups is 1. The van der Waals surface area contributed by atoms with Gasteiger partial charge in [0, 0.05) is 6.54 Å². The van der Waals surface area contributed by atoms with E-state index in [1.807, 2.05) is 0 Å². The Hall–Kier alpha value is -1.10. The quantitative estimate of drug-likeness (QED) is 0.197. The average molecular weight is 181 g/mol. The molecule has 1 unspecified atom stereocenters. The van der Waals surface area contributed by atoms with Crippen LogP contribution in [0.4, 0.5) is 0 Å². The van der Waals surface area contributed by atoms with Gasteiger partial charge in [0.2, 0.25) is 0 Å². The lowest BCUT2D eigenvalue weighted by molar-refractivity contribution is -0.138. The Morgan fingerprint density at radius 2 is 3.00 bits per heavy atom. The summed E-state index contributed by atoms with van der Waals surface area (Å²) in [5.41, 5.74) is 0.177. The van der Waals surface area contributed by atoms with Crippen molar-refractivity contribution in [3.05, 3.63) is 0 Å². The van der Waals surface area contributed by atoms with Crippen molar-refractivity contribution in [2.75, 3.05) is 6.54 Å². The highest BCUT2D eigenvalue weighted by atomic mass is 16.4. The van der Waals surface area contributed by atoms with E-state index in [0.29, 0.717) is 6.42 Å². The van der Waals surface area contributed by atoms with Crippen LogP contribution in [0.25, 0.3) is 1.43 Å². The van der Waals surface area contributed by atoms with E-state index in [2.05, 4.69) is 10.5 Å². The zero-order chi connectivity index (χ0) is 13.4. The standard InChI is InChI=1S/C7H15N3O2/c1-5(8)10-4-2-3-6(9)7(11)12/h6H,2-4,9H2,1H3,(H2,8,10)(H,11,12)/i5+1,8+1,10+1/hD5. The van der Waals surface area contributed by atoms with Crippen LogP contribution in [0, 0.1) is 5.40 Å². The third-order valence-electron chi connectivity index (χ3n) is 1.25. The number of carbonyl (C=O) groups is 1. The van der Waals surface area contributed by atoms with Crippen molar-refractivity contribution in [2.24, 2.45) is 5.72 Å². The highest BCUT2D eigenvalue weighted by Crippen LogP contribution is 1.92. The molecule has 12 heavy (non-hydrogen) atoms. The maximum Gasteiger partial charge on any atom is 0.320 e. The summed E-state index contributed by atoms with van der Waals surface area (Å²) in [4.78, 5) is 11.0. The summed E-state index contributed by atoms with van der Waals surface area (Å²) in [6.07, 6.45) is 0.454. The first-order valence-corrected chi connectivity index (χ1v) is 3.63. The molecule has 0 aliphatic rings. The van der Waals surface area contributed by atoms with E-state index in [1.165, 1.54) is 6.92 Å². The van der Waals surface area contributed by atoms with E-state index < -0.39 is 12.0 Å². The third kappa shape index (κ3) is 5.67. The first-order chi connectivity index (χ1) is 7.93. The monoisotopic (exact) mass is 181 g/mol. The van der Waals surface area contributed by atoms with Gasteiger partial charge in [-0.05, 0) is 19.8 Å². The molecule has 0 rings (SSSR count). The van der Waals surface area contributed by atoms with Gasteiger partial charge in [-0.3, -0.25) is 10.2 Å². The third-order valence-corrected chi connectivity index (χ3v) is 1.25. The minimum atomic E-state index is -1.14. The highest BCUT2D eigenvalue weighted by molar-refractivity contribution is 5.75. The van der Waals surface area contributed by atoms with Crippen molar-refractivity contribution in [3.63, 3.8) is 0 Å². The van der Waals surface area contributed by atoms with E-state index in [9.17, 15) is 4.79 Å². The topological polar surface area (TPSA) is 99.2 Å².